The van der Waals surface area contributed by atoms with Gasteiger partial charge in [0.15, 0.2) is 0 Å². The molecule has 0 amide bonds. The van der Waals surface area contributed by atoms with E-state index >= 15 is 0 Å². The highest BCUT2D eigenvalue weighted by Crippen LogP contribution is 2.33. The Hall–Kier alpha value is -2.77. The fraction of sp³-hybridized carbons (Fsp3) is 0.238. The Morgan fingerprint density at radius 2 is 1.61 bits per heavy atom. The van der Waals surface area contributed by atoms with Crippen molar-refractivity contribution in [3.63, 3.8) is 0 Å². The van der Waals surface area contributed by atoms with Crippen LogP contribution in [-0.2, 0) is 10.0 Å². The van der Waals surface area contributed by atoms with Gasteiger partial charge < -0.3 is 5.32 Å². The molecule has 0 radical (unpaired) electrons. The van der Waals surface area contributed by atoms with Crippen molar-refractivity contribution < 1.29 is 8.42 Å². The Labute approximate surface area is 165 Å². The van der Waals surface area contributed by atoms with E-state index in [4.69, 9.17) is 5.14 Å². The minimum Gasteiger partial charge on any atom is -0.385 e. The van der Waals surface area contributed by atoms with Crippen LogP contribution in [0.1, 0.15) is 26.2 Å². The van der Waals surface area contributed by atoms with Gasteiger partial charge in [-0.15, -0.1) is 5.11 Å². The van der Waals surface area contributed by atoms with Crippen LogP contribution in [0.5, 0.6) is 0 Å². The first-order chi connectivity index (χ1) is 13.5. The van der Waals surface area contributed by atoms with Gasteiger partial charge in [-0.2, -0.15) is 5.11 Å². The van der Waals surface area contributed by atoms with Crippen LogP contribution >= 0.6 is 0 Å². The van der Waals surface area contributed by atoms with Crippen LogP contribution in [0.3, 0.4) is 0 Å². The molecule has 28 heavy (non-hydrogen) atoms. The average molecular weight is 397 g/mol. The van der Waals surface area contributed by atoms with Crippen LogP contribution in [0.25, 0.3) is 10.8 Å². The molecule has 3 aromatic rings. The quantitative estimate of drug-likeness (QED) is 0.388. The summed E-state index contributed by atoms with van der Waals surface area (Å²) in [6.07, 6.45) is 3.54. The summed E-state index contributed by atoms with van der Waals surface area (Å²) >= 11 is 0. The number of azo groups is 1. The second-order valence-electron chi connectivity index (χ2n) is 6.55. The molecular formula is C21H24N4O2S. The lowest BCUT2D eigenvalue weighted by Crippen LogP contribution is -2.11. The van der Waals surface area contributed by atoms with Gasteiger partial charge in [0.2, 0.25) is 10.0 Å². The van der Waals surface area contributed by atoms with Crippen LogP contribution in [0.2, 0.25) is 0 Å². The first-order valence-electron chi connectivity index (χ1n) is 9.29. The molecule has 0 heterocycles. The van der Waals surface area contributed by atoms with Crippen LogP contribution in [0.15, 0.2) is 75.8 Å². The van der Waals surface area contributed by atoms with Gasteiger partial charge in [0.25, 0.3) is 0 Å². The summed E-state index contributed by atoms with van der Waals surface area (Å²) in [5.74, 6) is 0. The van der Waals surface area contributed by atoms with Crippen molar-refractivity contribution in [1.29, 1.82) is 0 Å². The summed E-state index contributed by atoms with van der Waals surface area (Å²) in [6.45, 7) is 3.13. The smallest absolute Gasteiger partial charge is 0.238 e. The van der Waals surface area contributed by atoms with Crippen molar-refractivity contribution in [3.05, 3.63) is 60.7 Å². The standard InChI is InChI=1S/C21H24N4O2S/c1-2-3-6-15-23-20-13-14-21(19-8-5-4-7-18(19)20)25-24-16-9-11-17(12-10-16)28(22,26)27/h4-5,7-14,23H,2-3,6,15H2,1H3,(H2,22,26,27). The Morgan fingerprint density at radius 3 is 2.29 bits per heavy atom. The normalized spacial score (nSPS) is 11.9. The summed E-state index contributed by atoms with van der Waals surface area (Å²) < 4.78 is 22.7. The summed E-state index contributed by atoms with van der Waals surface area (Å²) in [7, 11) is -3.71. The number of nitrogens with one attached hydrogen (secondary N) is 1. The SMILES string of the molecule is CCCCCNc1ccc(N=Nc2ccc(S(N)(=O)=O)cc2)c2ccccc12. The summed E-state index contributed by atoms with van der Waals surface area (Å²) in [4.78, 5) is 0.0513. The monoisotopic (exact) mass is 396 g/mol. The van der Waals surface area contributed by atoms with E-state index in [1.807, 2.05) is 30.3 Å². The summed E-state index contributed by atoms with van der Waals surface area (Å²) in [5, 5.41) is 19.3. The van der Waals surface area contributed by atoms with Gasteiger partial charge in [-0.25, -0.2) is 13.6 Å². The van der Waals surface area contributed by atoms with Crippen LogP contribution in [0, 0.1) is 0 Å². The van der Waals surface area contributed by atoms with E-state index in [1.54, 1.807) is 12.1 Å². The number of unbranched alkanes of at least 4 members (excludes halogenated alkanes) is 2. The van der Waals surface area contributed by atoms with Gasteiger partial charge in [0.05, 0.1) is 16.3 Å². The summed E-state index contributed by atoms with van der Waals surface area (Å²) in [6, 6.07) is 18.0. The zero-order valence-corrected chi connectivity index (χ0v) is 16.6. The first kappa shape index (κ1) is 20.0. The van der Waals surface area contributed by atoms with E-state index in [-0.39, 0.29) is 4.90 Å². The zero-order chi connectivity index (χ0) is 20.0. The highest BCUT2D eigenvalue weighted by Gasteiger charge is 2.07. The molecule has 0 aliphatic rings. The molecule has 0 spiro atoms. The molecule has 3 rings (SSSR count). The van der Waals surface area contributed by atoms with Crippen molar-refractivity contribution in [2.24, 2.45) is 15.4 Å². The number of anilines is 1. The van der Waals surface area contributed by atoms with Crippen LogP contribution in [0.4, 0.5) is 17.1 Å². The first-order valence-corrected chi connectivity index (χ1v) is 10.8. The molecule has 3 N–H and O–H groups in total. The Balaban J connectivity index is 1.84. The van der Waals surface area contributed by atoms with E-state index in [0.29, 0.717) is 5.69 Å². The Bertz CT molecular complexity index is 1080. The molecule has 6 nitrogen and oxygen atoms in total. The average Bonchev–Trinajstić information content (AvgIpc) is 2.70. The number of hydrogen-bond acceptors (Lipinski definition) is 5. The predicted octanol–water partition coefficient (Wildman–Crippen LogP) is 5.50. The number of nitrogens with two attached hydrogens (primary N) is 1. The fourth-order valence-corrected chi connectivity index (χ4v) is 3.45. The largest absolute Gasteiger partial charge is 0.385 e. The zero-order valence-electron chi connectivity index (χ0n) is 15.8. The number of hydrogen-bond donors (Lipinski definition) is 2. The molecule has 0 fully saturated rings. The molecule has 0 aliphatic carbocycles. The van der Waals surface area contributed by atoms with E-state index < -0.39 is 10.0 Å². The number of nitrogens with zero attached hydrogens (tertiary/aromatic N) is 2. The van der Waals surface area contributed by atoms with E-state index in [1.165, 1.54) is 25.0 Å². The molecule has 146 valence electrons. The number of primary sulfonamides is 1. The molecule has 0 bridgehead atoms. The highest BCUT2D eigenvalue weighted by molar-refractivity contribution is 7.89. The lowest BCUT2D eigenvalue weighted by molar-refractivity contribution is 0.598. The maximum atomic E-state index is 11.3. The number of fused-ring (bicyclic) bond motifs is 1. The molecule has 0 unspecified atom stereocenters. The maximum absolute atomic E-state index is 11.3. The van der Waals surface area contributed by atoms with Crippen molar-refractivity contribution in [2.75, 3.05) is 11.9 Å². The predicted molar refractivity (Wildman–Crippen MR) is 114 cm³/mol. The van der Waals surface area contributed by atoms with Crippen LogP contribution in [-0.4, -0.2) is 15.0 Å². The third-order valence-corrected chi connectivity index (χ3v) is 5.36. The van der Waals surface area contributed by atoms with Crippen molar-refractivity contribution >= 4 is 37.9 Å². The fourth-order valence-electron chi connectivity index (χ4n) is 2.94. The van der Waals surface area contributed by atoms with Crippen molar-refractivity contribution in [3.8, 4) is 0 Å². The molecule has 0 aromatic heterocycles. The molecule has 3 aromatic carbocycles. The number of rotatable bonds is 8. The second-order valence-corrected chi connectivity index (χ2v) is 8.11. The van der Waals surface area contributed by atoms with Gasteiger partial charge in [0.1, 0.15) is 0 Å². The topological polar surface area (TPSA) is 96.9 Å². The van der Waals surface area contributed by atoms with E-state index in [0.717, 1.165) is 35.1 Å². The van der Waals surface area contributed by atoms with Gasteiger partial charge in [-0.3, -0.25) is 0 Å². The molecule has 0 aliphatic heterocycles. The van der Waals surface area contributed by atoms with E-state index in [2.05, 4.69) is 28.5 Å². The minimum absolute atomic E-state index is 0.0513. The Morgan fingerprint density at radius 1 is 0.893 bits per heavy atom. The van der Waals surface area contributed by atoms with Crippen molar-refractivity contribution in [1.82, 2.24) is 0 Å². The molecular weight excluding hydrogens is 372 g/mol. The highest BCUT2D eigenvalue weighted by atomic mass is 32.2. The lowest BCUT2D eigenvalue weighted by Gasteiger charge is -2.11. The van der Waals surface area contributed by atoms with E-state index in [9.17, 15) is 8.42 Å². The minimum atomic E-state index is -3.71. The van der Waals surface area contributed by atoms with Crippen LogP contribution < -0.4 is 10.5 Å². The van der Waals surface area contributed by atoms with Gasteiger partial charge in [-0.1, -0.05) is 44.0 Å². The molecule has 0 atom stereocenters. The van der Waals surface area contributed by atoms with Gasteiger partial charge >= 0.3 is 0 Å². The maximum Gasteiger partial charge on any atom is 0.238 e. The summed E-state index contributed by atoms with van der Waals surface area (Å²) in [5.41, 5.74) is 2.40. The number of benzene rings is 3. The number of sulfonamides is 1. The molecule has 0 saturated carbocycles. The second kappa shape index (κ2) is 8.95. The Kier molecular flexibility index (Phi) is 6.38. The lowest BCUT2D eigenvalue weighted by atomic mass is 10.1. The molecule has 7 heteroatoms. The third-order valence-electron chi connectivity index (χ3n) is 4.44. The molecule has 0 saturated heterocycles. The van der Waals surface area contributed by atoms with Crippen molar-refractivity contribution in [2.45, 2.75) is 31.1 Å². The van der Waals surface area contributed by atoms with Gasteiger partial charge in [0, 0.05) is 23.0 Å². The third kappa shape index (κ3) is 4.94. The van der Waals surface area contributed by atoms with Gasteiger partial charge in [-0.05, 0) is 42.8 Å².